The van der Waals surface area contributed by atoms with E-state index in [4.69, 9.17) is 5.73 Å². The molecule has 2 rings (SSSR count). The number of H-pyrrole nitrogens is 1. The molecule has 13 heavy (non-hydrogen) atoms. The van der Waals surface area contributed by atoms with Crippen LogP contribution in [0, 0.1) is 0 Å². The summed E-state index contributed by atoms with van der Waals surface area (Å²) in [6, 6.07) is 0. The van der Waals surface area contributed by atoms with Gasteiger partial charge in [0, 0.05) is 7.05 Å². The van der Waals surface area contributed by atoms with Crippen LogP contribution in [0.2, 0.25) is 0 Å². The zero-order valence-electron chi connectivity index (χ0n) is 7.11. The topological polar surface area (TPSA) is 87.4 Å². The molecule has 0 atom stereocenters. The Morgan fingerprint density at radius 3 is 3.23 bits per heavy atom. The third-order valence-corrected chi connectivity index (χ3v) is 1.80. The highest BCUT2D eigenvalue weighted by atomic mass is 16.1. The molecular formula is C7H9N5O. The molecular weight excluding hydrogens is 170 g/mol. The van der Waals surface area contributed by atoms with Crippen molar-refractivity contribution in [2.75, 3.05) is 12.8 Å². The van der Waals surface area contributed by atoms with E-state index in [0.29, 0.717) is 17.9 Å². The molecule has 0 amide bonds. The number of anilines is 1. The third kappa shape index (κ3) is 1.26. The molecule has 1 aliphatic heterocycles. The van der Waals surface area contributed by atoms with Crippen LogP contribution >= 0.6 is 0 Å². The van der Waals surface area contributed by atoms with E-state index >= 15 is 0 Å². The van der Waals surface area contributed by atoms with Gasteiger partial charge >= 0.3 is 0 Å². The van der Waals surface area contributed by atoms with E-state index in [1.807, 2.05) is 7.05 Å². The highest BCUT2D eigenvalue weighted by Crippen LogP contribution is 2.16. The number of aromatic amines is 1. The number of nitrogen functional groups attached to an aromatic ring is 1. The van der Waals surface area contributed by atoms with Crippen LogP contribution in [0.5, 0.6) is 0 Å². The summed E-state index contributed by atoms with van der Waals surface area (Å²) in [5, 5.41) is 0. The number of aromatic nitrogens is 2. The minimum atomic E-state index is -0.216. The molecule has 6 nitrogen and oxygen atoms in total. The van der Waals surface area contributed by atoms with Crippen LogP contribution < -0.4 is 11.3 Å². The van der Waals surface area contributed by atoms with Crippen molar-refractivity contribution in [2.24, 2.45) is 4.99 Å². The molecule has 0 aromatic carbocycles. The molecule has 1 aliphatic rings. The maximum atomic E-state index is 11.4. The second-order valence-electron chi connectivity index (χ2n) is 2.91. The van der Waals surface area contributed by atoms with Gasteiger partial charge in [-0.15, -0.1) is 0 Å². The molecule has 0 fully saturated rings. The summed E-state index contributed by atoms with van der Waals surface area (Å²) in [4.78, 5) is 23.5. The Balaban J connectivity index is 2.63. The first-order chi connectivity index (χ1) is 6.16. The van der Waals surface area contributed by atoms with Gasteiger partial charge in [-0.2, -0.15) is 4.98 Å². The van der Waals surface area contributed by atoms with E-state index in [1.165, 1.54) is 0 Å². The Hall–Kier alpha value is -1.85. The van der Waals surface area contributed by atoms with Crippen molar-refractivity contribution >= 4 is 18.1 Å². The van der Waals surface area contributed by atoms with Crippen LogP contribution in [-0.4, -0.2) is 28.3 Å². The number of hydrogen-bond donors (Lipinski definition) is 2. The van der Waals surface area contributed by atoms with E-state index in [9.17, 15) is 4.79 Å². The Kier molecular flexibility index (Phi) is 1.54. The summed E-state index contributed by atoms with van der Waals surface area (Å²) in [6.07, 6.45) is 1.62. The monoisotopic (exact) mass is 179 g/mol. The lowest BCUT2D eigenvalue weighted by atomic mass is 10.2. The molecule has 1 aromatic rings. The van der Waals surface area contributed by atoms with E-state index < -0.39 is 0 Å². The summed E-state index contributed by atoms with van der Waals surface area (Å²) in [5.41, 5.74) is 5.70. The average Bonchev–Trinajstić information content (AvgIpc) is 2.06. The van der Waals surface area contributed by atoms with Gasteiger partial charge < -0.3 is 10.6 Å². The largest absolute Gasteiger partial charge is 0.369 e. The lowest BCUT2D eigenvalue weighted by molar-refractivity contribution is 0.503. The predicted molar refractivity (Wildman–Crippen MR) is 48.9 cm³/mol. The summed E-state index contributed by atoms with van der Waals surface area (Å²) in [6.45, 7) is 0.515. The SMILES string of the molecule is CN1C=Nc2nc(N)[nH]c(=O)c2C1. The minimum Gasteiger partial charge on any atom is -0.369 e. The van der Waals surface area contributed by atoms with Gasteiger partial charge in [-0.05, 0) is 0 Å². The molecule has 0 saturated heterocycles. The zero-order chi connectivity index (χ0) is 9.42. The van der Waals surface area contributed by atoms with Crippen molar-refractivity contribution < 1.29 is 0 Å². The van der Waals surface area contributed by atoms with Gasteiger partial charge in [-0.25, -0.2) is 4.99 Å². The van der Waals surface area contributed by atoms with Gasteiger partial charge in [-0.1, -0.05) is 0 Å². The first-order valence-electron chi connectivity index (χ1n) is 3.80. The number of nitrogens with zero attached hydrogens (tertiary/aromatic N) is 3. The van der Waals surface area contributed by atoms with Gasteiger partial charge in [0.2, 0.25) is 5.95 Å². The van der Waals surface area contributed by atoms with Crippen LogP contribution in [0.25, 0.3) is 0 Å². The first kappa shape index (κ1) is 7.78. The van der Waals surface area contributed by atoms with Crippen molar-refractivity contribution in [1.29, 1.82) is 0 Å². The summed E-state index contributed by atoms with van der Waals surface area (Å²) >= 11 is 0. The van der Waals surface area contributed by atoms with Crippen LogP contribution in [0.4, 0.5) is 11.8 Å². The van der Waals surface area contributed by atoms with Crippen molar-refractivity contribution in [3.8, 4) is 0 Å². The van der Waals surface area contributed by atoms with Crippen LogP contribution in [0.3, 0.4) is 0 Å². The molecule has 0 bridgehead atoms. The molecule has 1 aromatic heterocycles. The van der Waals surface area contributed by atoms with Crippen molar-refractivity contribution in [2.45, 2.75) is 6.54 Å². The molecule has 6 heteroatoms. The molecule has 2 heterocycles. The standard InChI is InChI=1S/C7H9N5O/c1-12-2-4-5(9-3-12)10-7(8)11-6(4)13/h3H,2H2,1H3,(H3,8,10,11,13). The molecule has 3 N–H and O–H groups in total. The maximum Gasteiger partial charge on any atom is 0.259 e. The number of fused-ring (bicyclic) bond motifs is 1. The second-order valence-corrected chi connectivity index (χ2v) is 2.91. The molecule has 0 aliphatic carbocycles. The molecule has 0 unspecified atom stereocenters. The van der Waals surface area contributed by atoms with Crippen LogP contribution in [-0.2, 0) is 6.54 Å². The van der Waals surface area contributed by atoms with Crippen LogP contribution in [0.1, 0.15) is 5.56 Å². The van der Waals surface area contributed by atoms with Crippen molar-refractivity contribution in [3.63, 3.8) is 0 Å². The number of nitrogens with one attached hydrogen (secondary N) is 1. The summed E-state index contributed by atoms with van der Waals surface area (Å²) < 4.78 is 0. The molecule has 0 radical (unpaired) electrons. The van der Waals surface area contributed by atoms with Gasteiger partial charge in [0.25, 0.3) is 5.56 Å². The number of aliphatic imine (C=N–C) groups is 1. The van der Waals surface area contributed by atoms with E-state index in [2.05, 4.69) is 15.0 Å². The van der Waals surface area contributed by atoms with Crippen molar-refractivity contribution in [1.82, 2.24) is 14.9 Å². The number of nitrogens with two attached hydrogens (primary N) is 1. The number of rotatable bonds is 0. The van der Waals surface area contributed by atoms with Gasteiger partial charge in [0.15, 0.2) is 5.82 Å². The maximum absolute atomic E-state index is 11.4. The van der Waals surface area contributed by atoms with Gasteiger partial charge in [0.05, 0.1) is 18.4 Å². The Bertz CT molecular complexity index is 421. The Morgan fingerprint density at radius 1 is 1.69 bits per heavy atom. The lowest BCUT2D eigenvalue weighted by Crippen LogP contribution is -2.26. The van der Waals surface area contributed by atoms with Crippen molar-refractivity contribution in [3.05, 3.63) is 15.9 Å². The molecule has 0 spiro atoms. The minimum absolute atomic E-state index is 0.102. The van der Waals surface area contributed by atoms with E-state index in [1.54, 1.807) is 11.2 Å². The first-order valence-corrected chi connectivity index (χ1v) is 3.80. The summed E-state index contributed by atoms with van der Waals surface area (Å²) in [5.74, 6) is 0.518. The average molecular weight is 179 g/mol. The number of hydrogen-bond acceptors (Lipinski definition) is 5. The summed E-state index contributed by atoms with van der Waals surface area (Å²) in [7, 11) is 1.84. The highest BCUT2D eigenvalue weighted by Gasteiger charge is 2.14. The van der Waals surface area contributed by atoms with E-state index in [-0.39, 0.29) is 11.5 Å². The van der Waals surface area contributed by atoms with Gasteiger partial charge in [-0.3, -0.25) is 9.78 Å². The molecule has 0 saturated carbocycles. The zero-order valence-corrected chi connectivity index (χ0v) is 7.11. The normalized spacial score (nSPS) is 14.4. The molecule has 68 valence electrons. The van der Waals surface area contributed by atoms with Gasteiger partial charge in [0.1, 0.15) is 0 Å². The third-order valence-electron chi connectivity index (χ3n) is 1.80. The quantitative estimate of drug-likeness (QED) is 0.559. The Morgan fingerprint density at radius 2 is 2.46 bits per heavy atom. The fourth-order valence-electron chi connectivity index (χ4n) is 1.20. The van der Waals surface area contributed by atoms with Crippen LogP contribution in [0.15, 0.2) is 9.79 Å². The fourth-order valence-corrected chi connectivity index (χ4v) is 1.20. The lowest BCUT2D eigenvalue weighted by Gasteiger charge is -2.17. The Labute approximate surface area is 74.1 Å². The van der Waals surface area contributed by atoms with E-state index in [0.717, 1.165) is 0 Å². The predicted octanol–water partition coefficient (Wildman–Crippen LogP) is -0.543. The highest BCUT2D eigenvalue weighted by molar-refractivity contribution is 5.64. The fraction of sp³-hybridized carbons (Fsp3) is 0.286. The smallest absolute Gasteiger partial charge is 0.259 e. The second kappa shape index (κ2) is 2.58.